The lowest BCUT2D eigenvalue weighted by molar-refractivity contribution is 0.759. The van der Waals surface area contributed by atoms with Crippen LogP contribution < -0.4 is 10.6 Å². The van der Waals surface area contributed by atoms with Crippen LogP contribution in [0.3, 0.4) is 0 Å². The number of aromatic nitrogens is 2. The first-order chi connectivity index (χ1) is 9.15. The van der Waals surface area contributed by atoms with E-state index in [1.165, 1.54) is 19.3 Å². The highest BCUT2D eigenvalue weighted by molar-refractivity contribution is 7.99. The van der Waals surface area contributed by atoms with E-state index in [1.54, 1.807) is 0 Å². The summed E-state index contributed by atoms with van der Waals surface area (Å²) in [7, 11) is 0. The van der Waals surface area contributed by atoms with Gasteiger partial charge in [-0.15, -0.1) is 0 Å². The fourth-order valence-electron chi connectivity index (χ4n) is 2.66. The van der Waals surface area contributed by atoms with Gasteiger partial charge in [-0.1, -0.05) is 6.42 Å². The third-order valence-electron chi connectivity index (χ3n) is 3.68. The van der Waals surface area contributed by atoms with Crippen molar-refractivity contribution in [2.45, 2.75) is 51.3 Å². The fraction of sp³-hybridized carbons (Fsp3) is 0.714. The Hall–Kier alpha value is -0.970. The first kappa shape index (κ1) is 14.4. The van der Waals surface area contributed by atoms with E-state index in [2.05, 4.69) is 40.7 Å². The second-order valence-corrected chi connectivity index (χ2v) is 6.16. The summed E-state index contributed by atoms with van der Waals surface area (Å²) < 4.78 is 0. The molecule has 0 bridgehead atoms. The Morgan fingerprint density at radius 1 is 1.21 bits per heavy atom. The molecular formula is C14H24N4S. The minimum Gasteiger partial charge on any atom is -0.370 e. The molecule has 0 saturated heterocycles. The molecule has 2 atom stereocenters. The van der Waals surface area contributed by atoms with Crippen molar-refractivity contribution < 1.29 is 0 Å². The summed E-state index contributed by atoms with van der Waals surface area (Å²) in [5, 5.41) is 7.65. The summed E-state index contributed by atoms with van der Waals surface area (Å²) in [6.07, 6.45) is 6.06. The molecule has 0 spiro atoms. The largest absolute Gasteiger partial charge is 0.370 e. The van der Waals surface area contributed by atoms with E-state index < -0.39 is 0 Å². The monoisotopic (exact) mass is 280 g/mol. The molecule has 0 aliphatic heterocycles. The van der Waals surface area contributed by atoms with Crippen LogP contribution in [-0.2, 0) is 0 Å². The molecule has 2 rings (SSSR count). The molecule has 1 aromatic rings. The molecule has 1 aromatic heterocycles. The molecule has 2 unspecified atom stereocenters. The summed E-state index contributed by atoms with van der Waals surface area (Å²) in [6.45, 7) is 7.01. The first-order valence-electron chi connectivity index (χ1n) is 7.04. The van der Waals surface area contributed by atoms with Gasteiger partial charge in [0.1, 0.15) is 17.5 Å². The van der Waals surface area contributed by atoms with Gasteiger partial charge in [-0.05, 0) is 39.9 Å². The van der Waals surface area contributed by atoms with Crippen molar-refractivity contribution in [1.82, 2.24) is 9.97 Å². The van der Waals surface area contributed by atoms with Crippen LogP contribution in [0.2, 0.25) is 0 Å². The lowest BCUT2D eigenvalue weighted by atomic mass is 10.2. The van der Waals surface area contributed by atoms with Gasteiger partial charge in [0.25, 0.3) is 0 Å². The smallest absolute Gasteiger partial charge is 0.135 e. The van der Waals surface area contributed by atoms with Crippen molar-refractivity contribution in [3.8, 4) is 0 Å². The summed E-state index contributed by atoms with van der Waals surface area (Å²) >= 11 is 1.96. The van der Waals surface area contributed by atoms with Crippen molar-refractivity contribution in [2.75, 3.05) is 23.4 Å². The maximum atomic E-state index is 4.58. The molecule has 0 radical (unpaired) electrons. The van der Waals surface area contributed by atoms with Crippen LogP contribution >= 0.6 is 11.8 Å². The molecule has 1 aliphatic rings. The standard InChI is InChI=1S/C14H24N4S/c1-5-15-13-9(2)14(17-10(3)16-13)18-11-7-6-8-12(11)19-4/h11-12H,5-8H2,1-4H3,(H2,15,16,17,18). The van der Waals surface area contributed by atoms with E-state index in [9.17, 15) is 0 Å². The van der Waals surface area contributed by atoms with Crippen molar-refractivity contribution in [2.24, 2.45) is 0 Å². The molecule has 4 nitrogen and oxygen atoms in total. The number of nitrogens with one attached hydrogen (secondary N) is 2. The van der Waals surface area contributed by atoms with Crippen molar-refractivity contribution >= 4 is 23.4 Å². The van der Waals surface area contributed by atoms with E-state index in [0.717, 1.165) is 29.6 Å². The van der Waals surface area contributed by atoms with Crippen LogP contribution in [0.5, 0.6) is 0 Å². The minimum atomic E-state index is 0.539. The van der Waals surface area contributed by atoms with Crippen molar-refractivity contribution in [3.63, 3.8) is 0 Å². The van der Waals surface area contributed by atoms with E-state index in [1.807, 2.05) is 18.7 Å². The summed E-state index contributed by atoms with van der Waals surface area (Å²) in [5.74, 6) is 2.77. The van der Waals surface area contributed by atoms with Gasteiger partial charge in [0, 0.05) is 23.4 Å². The second kappa shape index (κ2) is 6.46. The molecule has 19 heavy (non-hydrogen) atoms. The quantitative estimate of drug-likeness (QED) is 0.867. The molecule has 1 fully saturated rings. The SMILES string of the molecule is CCNc1nc(C)nc(NC2CCCC2SC)c1C. The maximum Gasteiger partial charge on any atom is 0.135 e. The van der Waals surface area contributed by atoms with E-state index in [-0.39, 0.29) is 0 Å². The molecule has 106 valence electrons. The van der Waals surface area contributed by atoms with Gasteiger partial charge in [-0.25, -0.2) is 9.97 Å². The lowest BCUT2D eigenvalue weighted by Crippen LogP contribution is -2.27. The Balaban J connectivity index is 2.19. The van der Waals surface area contributed by atoms with Crippen LogP contribution in [0.1, 0.15) is 37.6 Å². The van der Waals surface area contributed by atoms with Gasteiger partial charge < -0.3 is 10.6 Å². The first-order valence-corrected chi connectivity index (χ1v) is 8.33. The lowest BCUT2D eigenvalue weighted by Gasteiger charge is -2.22. The summed E-state index contributed by atoms with van der Waals surface area (Å²) in [6, 6.07) is 0.539. The Bertz CT molecular complexity index is 436. The van der Waals surface area contributed by atoms with Crippen molar-refractivity contribution in [3.05, 3.63) is 11.4 Å². The van der Waals surface area contributed by atoms with Crippen LogP contribution in [0.25, 0.3) is 0 Å². The molecule has 5 heteroatoms. The number of anilines is 2. The van der Waals surface area contributed by atoms with Crippen LogP contribution in [0, 0.1) is 13.8 Å². The van der Waals surface area contributed by atoms with Gasteiger partial charge in [0.2, 0.25) is 0 Å². The molecule has 1 saturated carbocycles. The topological polar surface area (TPSA) is 49.8 Å². The van der Waals surface area contributed by atoms with E-state index >= 15 is 0 Å². The number of thioether (sulfide) groups is 1. The highest BCUT2D eigenvalue weighted by Gasteiger charge is 2.27. The maximum absolute atomic E-state index is 4.58. The predicted octanol–water partition coefficient (Wildman–Crippen LogP) is 3.22. The van der Waals surface area contributed by atoms with Gasteiger partial charge in [0.05, 0.1) is 0 Å². The van der Waals surface area contributed by atoms with Crippen LogP contribution in [0.4, 0.5) is 11.6 Å². The molecule has 1 heterocycles. The number of rotatable bonds is 5. The molecular weight excluding hydrogens is 256 g/mol. The molecule has 1 aliphatic carbocycles. The number of nitrogens with zero attached hydrogens (tertiary/aromatic N) is 2. The molecule has 0 aromatic carbocycles. The van der Waals surface area contributed by atoms with Crippen molar-refractivity contribution in [1.29, 1.82) is 0 Å². The summed E-state index contributed by atoms with van der Waals surface area (Å²) in [4.78, 5) is 9.05. The zero-order valence-corrected chi connectivity index (χ0v) is 13.1. The zero-order chi connectivity index (χ0) is 13.8. The highest BCUT2D eigenvalue weighted by atomic mass is 32.2. The highest BCUT2D eigenvalue weighted by Crippen LogP contribution is 2.31. The van der Waals surface area contributed by atoms with Gasteiger partial charge in [-0.3, -0.25) is 0 Å². The Morgan fingerprint density at radius 2 is 1.95 bits per heavy atom. The summed E-state index contributed by atoms with van der Waals surface area (Å²) in [5.41, 5.74) is 1.12. The Morgan fingerprint density at radius 3 is 2.63 bits per heavy atom. The number of hydrogen-bond donors (Lipinski definition) is 2. The minimum absolute atomic E-state index is 0.539. The third-order valence-corrected chi connectivity index (χ3v) is 4.85. The zero-order valence-electron chi connectivity index (χ0n) is 12.3. The third kappa shape index (κ3) is 3.32. The molecule has 0 amide bonds. The number of hydrogen-bond acceptors (Lipinski definition) is 5. The Kier molecular flexibility index (Phi) is 4.91. The van der Waals surface area contributed by atoms with Crippen LogP contribution in [0.15, 0.2) is 0 Å². The van der Waals surface area contributed by atoms with E-state index in [4.69, 9.17) is 0 Å². The fourth-order valence-corrected chi connectivity index (χ4v) is 3.59. The van der Waals surface area contributed by atoms with E-state index in [0.29, 0.717) is 11.3 Å². The number of aryl methyl sites for hydroxylation is 1. The normalized spacial score (nSPS) is 22.5. The van der Waals surface area contributed by atoms with Gasteiger partial charge in [0.15, 0.2) is 0 Å². The van der Waals surface area contributed by atoms with Gasteiger partial charge in [-0.2, -0.15) is 11.8 Å². The Labute approximate surface area is 120 Å². The average molecular weight is 280 g/mol. The van der Waals surface area contributed by atoms with Crippen LogP contribution in [-0.4, -0.2) is 34.1 Å². The second-order valence-electron chi connectivity index (χ2n) is 5.08. The van der Waals surface area contributed by atoms with Gasteiger partial charge >= 0.3 is 0 Å². The predicted molar refractivity (Wildman–Crippen MR) is 84.2 cm³/mol. The average Bonchev–Trinajstić information content (AvgIpc) is 2.82. The molecule has 2 N–H and O–H groups in total.